The quantitative estimate of drug-likeness (QED) is 0.724. The van der Waals surface area contributed by atoms with Crippen molar-refractivity contribution in [1.29, 1.82) is 0 Å². The molecule has 0 unspecified atom stereocenters. The summed E-state index contributed by atoms with van der Waals surface area (Å²) >= 11 is 0. The normalized spacial score (nSPS) is 17.0. The maximum atomic E-state index is 12.9. The van der Waals surface area contributed by atoms with Gasteiger partial charge < -0.3 is 5.32 Å². The zero-order valence-corrected chi connectivity index (χ0v) is 16.6. The molecule has 0 saturated carbocycles. The topological polar surface area (TPSA) is 83.6 Å². The molecule has 1 aliphatic rings. The van der Waals surface area contributed by atoms with E-state index in [1.165, 1.54) is 17.7 Å². The van der Waals surface area contributed by atoms with Crippen LogP contribution in [0.4, 0.5) is 0 Å². The van der Waals surface area contributed by atoms with Crippen LogP contribution >= 0.6 is 0 Å². The van der Waals surface area contributed by atoms with E-state index in [9.17, 15) is 18.0 Å². The number of nitrogens with zero attached hydrogens (tertiary/aromatic N) is 1. The molecule has 0 aliphatic carbocycles. The molecule has 3 rings (SSSR count). The Morgan fingerprint density at radius 2 is 1.79 bits per heavy atom. The Bertz CT molecular complexity index is 940. The summed E-state index contributed by atoms with van der Waals surface area (Å²) in [6.07, 6.45) is 1.80. The molecular formula is C21H24N2O4S. The second kappa shape index (κ2) is 8.56. The van der Waals surface area contributed by atoms with Crippen molar-refractivity contribution in [3.63, 3.8) is 0 Å². The molecule has 0 spiro atoms. The molecule has 2 amide bonds. The molecule has 2 aromatic carbocycles. The number of nitrogens with one attached hydrogen (secondary N) is 1. The van der Waals surface area contributed by atoms with E-state index in [1.807, 2.05) is 37.3 Å². The van der Waals surface area contributed by atoms with Gasteiger partial charge in [0.2, 0.25) is 11.8 Å². The van der Waals surface area contributed by atoms with Crippen LogP contribution in [-0.4, -0.2) is 37.1 Å². The molecule has 1 aliphatic heterocycles. The third kappa shape index (κ3) is 4.42. The van der Waals surface area contributed by atoms with Crippen LogP contribution < -0.4 is 5.32 Å². The molecule has 1 N–H and O–H groups in total. The van der Waals surface area contributed by atoms with E-state index in [0.717, 1.165) is 22.7 Å². The van der Waals surface area contributed by atoms with Gasteiger partial charge in [0.05, 0.1) is 4.90 Å². The predicted octanol–water partition coefficient (Wildman–Crippen LogP) is 2.42. The summed E-state index contributed by atoms with van der Waals surface area (Å²) in [5.41, 5.74) is 2.09. The molecule has 6 nitrogen and oxygen atoms in total. The second-order valence-electron chi connectivity index (χ2n) is 6.94. The zero-order chi connectivity index (χ0) is 20.1. The van der Waals surface area contributed by atoms with Crippen LogP contribution in [0, 0.1) is 6.92 Å². The van der Waals surface area contributed by atoms with Crippen molar-refractivity contribution in [2.75, 3.05) is 6.54 Å². The van der Waals surface area contributed by atoms with E-state index in [1.54, 1.807) is 12.1 Å². The third-order valence-corrected chi connectivity index (χ3v) is 6.67. The lowest BCUT2D eigenvalue weighted by molar-refractivity contribution is -0.130. The number of benzene rings is 2. The van der Waals surface area contributed by atoms with Gasteiger partial charge in [-0.2, -0.15) is 0 Å². The number of carbonyl (C=O) groups is 2. The molecule has 28 heavy (non-hydrogen) atoms. The molecule has 0 radical (unpaired) electrons. The van der Waals surface area contributed by atoms with Crippen LogP contribution in [0.1, 0.15) is 30.4 Å². The van der Waals surface area contributed by atoms with Crippen molar-refractivity contribution in [2.45, 2.75) is 43.5 Å². The molecule has 0 aromatic heterocycles. The first kappa shape index (κ1) is 20.1. The lowest BCUT2D eigenvalue weighted by atomic mass is 10.1. The summed E-state index contributed by atoms with van der Waals surface area (Å²) in [6, 6.07) is 15.2. The van der Waals surface area contributed by atoms with Crippen LogP contribution in [0.15, 0.2) is 59.5 Å². The Morgan fingerprint density at radius 1 is 1.11 bits per heavy atom. The molecule has 1 atom stereocenters. The Balaban J connectivity index is 1.64. The summed E-state index contributed by atoms with van der Waals surface area (Å²) in [7, 11) is -4.05. The van der Waals surface area contributed by atoms with Gasteiger partial charge in [-0.05, 0) is 43.9 Å². The Labute approximate surface area is 165 Å². The molecule has 1 fully saturated rings. The van der Waals surface area contributed by atoms with Crippen molar-refractivity contribution < 1.29 is 18.0 Å². The number of rotatable bonds is 7. The van der Waals surface area contributed by atoms with Gasteiger partial charge in [0.25, 0.3) is 10.0 Å². The average molecular weight is 401 g/mol. The number of aryl methyl sites for hydroxylation is 2. The van der Waals surface area contributed by atoms with Gasteiger partial charge in [-0.3, -0.25) is 9.59 Å². The maximum Gasteiger partial charge on any atom is 0.267 e. The minimum atomic E-state index is -4.05. The summed E-state index contributed by atoms with van der Waals surface area (Å²) in [5.74, 6) is -0.959. The summed E-state index contributed by atoms with van der Waals surface area (Å²) < 4.78 is 26.6. The van der Waals surface area contributed by atoms with E-state index >= 15 is 0 Å². The zero-order valence-electron chi connectivity index (χ0n) is 15.8. The van der Waals surface area contributed by atoms with E-state index in [-0.39, 0.29) is 17.7 Å². The van der Waals surface area contributed by atoms with Gasteiger partial charge in [0.1, 0.15) is 6.04 Å². The number of amides is 2. The van der Waals surface area contributed by atoms with Crippen LogP contribution in [-0.2, 0) is 26.0 Å². The van der Waals surface area contributed by atoms with Gasteiger partial charge in [0.15, 0.2) is 0 Å². The van der Waals surface area contributed by atoms with E-state index in [2.05, 4.69) is 5.32 Å². The van der Waals surface area contributed by atoms with Crippen molar-refractivity contribution in [2.24, 2.45) is 0 Å². The van der Waals surface area contributed by atoms with E-state index in [0.29, 0.717) is 6.54 Å². The molecule has 1 heterocycles. The summed E-state index contributed by atoms with van der Waals surface area (Å²) in [4.78, 5) is 24.9. The first-order valence-corrected chi connectivity index (χ1v) is 10.8. The van der Waals surface area contributed by atoms with Gasteiger partial charge >= 0.3 is 0 Å². The average Bonchev–Trinajstić information content (AvgIpc) is 3.09. The SMILES string of the molecule is Cc1ccc(S(=O)(=O)N2C(=O)CC[C@H]2C(=O)NCCCc2ccccc2)cc1. The van der Waals surface area contributed by atoms with Crippen LogP contribution in [0.3, 0.4) is 0 Å². The first-order valence-electron chi connectivity index (χ1n) is 9.35. The number of sulfonamides is 1. The van der Waals surface area contributed by atoms with Crippen LogP contribution in [0.25, 0.3) is 0 Å². The number of hydrogen-bond donors (Lipinski definition) is 1. The Hall–Kier alpha value is -2.67. The Kier molecular flexibility index (Phi) is 6.14. The number of hydrogen-bond acceptors (Lipinski definition) is 4. The highest BCUT2D eigenvalue weighted by atomic mass is 32.2. The fourth-order valence-corrected chi connectivity index (χ4v) is 4.89. The molecule has 7 heteroatoms. The van der Waals surface area contributed by atoms with Gasteiger partial charge in [-0.25, -0.2) is 12.7 Å². The van der Waals surface area contributed by atoms with Crippen molar-refractivity contribution in [3.05, 3.63) is 65.7 Å². The minimum Gasteiger partial charge on any atom is -0.354 e. The standard InChI is InChI=1S/C21H24N2O4S/c1-16-9-11-18(12-10-16)28(26,27)23-19(13-14-20(23)24)21(25)22-15-5-8-17-6-3-2-4-7-17/h2-4,6-7,9-12,19H,5,8,13-15H2,1H3,(H,22,25)/t19-/m0/s1. The number of carbonyl (C=O) groups excluding carboxylic acids is 2. The van der Waals surface area contributed by atoms with Crippen molar-refractivity contribution in [3.8, 4) is 0 Å². The monoisotopic (exact) mass is 400 g/mol. The van der Waals surface area contributed by atoms with E-state index < -0.39 is 27.9 Å². The lowest BCUT2D eigenvalue weighted by Crippen LogP contribution is -2.47. The highest BCUT2D eigenvalue weighted by Crippen LogP contribution is 2.27. The molecule has 148 valence electrons. The molecule has 1 saturated heterocycles. The third-order valence-electron chi connectivity index (χ3n) is 4.83. The lowest BCUT2D eigenvalue weighted by Gasteiger charge is -2.23. The second-order valence-corrected chi connectivity index (χ2v) is 8.76. The fourth-order valence-electron chi connectivity index (χ4n) is 3.29. The molecule has 2 aromatic rings. The highest BCUT2D eigenvalue weighted by Gasteiger charge is 2.44. The Morgan fingerprint density at radius 3 is 2.46 bits per heavy atom. The van der Waals surface area contributed by atoms with Crippen molar-refractivity contribution >= 4 is 21.8 Å². The highest BCUT2D eigenvalue weighted by molar-refractivity contribution is 7.89. The smallest absolute Gasteiger partial charge is 0.267 e. The first-order chi connectivity index (χ1) is 13.4. The van der Waals surface area contributed by atoms with Gasteiger partial charge in [-0.1, -0.05) is 48.0 Å². The summed E-state index contributed by atoms with van der Waals surface area (Å²) in [5, 5.41) is 2.78. The van der Waals surface area contributed by atoms with Crippen molar-refractivity contribution in [1.82, 2.24) is 9.62 Å². The minimum absolute atomic E-state index is 0.0234. The van der Waals surface area contributed by atoms with E-state index in [4.69, 9.17) is 0 Å². The maximum absolute atomic E-state index is 12.9. The van der Waals surface area contributed by atoms with Gasteiger partial charge in [0, 0.05) is 13.0 Å². The summed E-state index contributed by atoms with van der Waals surface area (Å²) in [6.45, 7) is 2.28. The molecular weight excluding hydrogens is 376 g/mol. The van der Waals surface area contributed by atoms with Crippen LogP contribution in [0.5, 0.6) is 0 Å². The fraction of sp³-hybridized carbons (Fsp3) is 0.333. The van der Waals surface area contributed by atoms with Gasteiger partial charge in [-0.15, -0.1) is 0 Å². The predicted molar refractivity (Wildman–Crippen MR) is 106 cm³/mol. The largest absolute Gasteiger partial charge is 0.354 e. The molecule has 0 bridgehead atoms. The van der Waals surface area contributed by atoms with Crippen LogP contribution in [0.2, 0.25) is 0 Å².